The molecule has 4 aromatic rings. The van der Waals surface area contributed by atoms with Crippen LogP contribution in [0.5, 0.6) is 11.5 Å². The molecule has 2 heterocycles. The van der Waals surface area contributed by atoms with E-state index in [2.05, 4.69) is 15.5 Å². The fraction of sp³-hybridized carbons (Fsp3) is 0.208. The maximum Gasteiger partial charge on any atom is 0.234 e. The van der Waals surface area contributed by atoms with Crippen LogP contribution in [0.1, 0.15) is 11.5 Å². The standard InChI is InChI=1S/C24H24FN5O3S/c1-29-12-4-5-18(29)13-22-27-28-24(30(22)17-8-6-16(25)7-9-17)34-15-23(31)26-20-11-10-19(32-2)14-21(20)33-3/h4-12,14H,13,15H2,1-3H3,(H,26,31). The number of anilines is 1. The zero-order valence-corrected chi connectivity index (χ0v) is 19.8. The topological polar surface area (TPSA) is 83.2 Å². The molecule has 1 amide bonds. The molecule has 0 saturated carbocycles. The lowest BCUT2D eigenvalue weighted by Gasteiger charge is -2.12. The van der Waals surface area contributed by atoms with Crippen molar-refractivity contribution in [2.45, 2.75) is 11.6 Å². The van der Waals surface area contributed by atoms with Gasteiger partial charge in [0.05, 0.1) is 25.7 Å². The molecule has 4 rings (SSSR count). The Morgan fingerprint density at radius 1 is 1.09 bits per heavy atom. The SMILES string of the molecule is COc1ccc(NC(=O)CSc2nnc(Cc3cccn3C)n2-c2ccc(F)cc2)c(OC)c1. The summed E-state index contributed by atoms with van der Waals surface area (Å²) in [5, 5.41) is 12.1. The number of nitrogens with one attached hydrogen (secondary N) is 1. The summed E-state index contributed by atoms with van der Waals surface area (Å²) in [4.78, 5) is 12.7. The largest absolute Gasteiger partial charge is 0.497 e. The average molecular weight is 482 g/mol. The highest BCUT2D eigenvalue weighted by molar-refractivity contribution is 7.99. The first-order chi connectivity index (χ1) is 16.5. The number of aromatic nitrogens is 4. The minimum absolute atomic E-state index is 0.0959. The molecule has 0 spiro atoms. The third-order valence-electron chi connectivity index (χ3n) is 5.19. The molecule has 34 heavy (non-hydrogen) atoms. The maximum absolute atomic E-state index is 13.5. The number of nitrogens with zero attached hydrogens (tertiary/aromatic N) is 4. The molecule has 0 aliphatic carbocycles. The van der Waals surface area contributed by atoms with E-state index in [0.29, 0.717) is 34.6 Å². The van der Waals surface area contributed by atoms with Crippen molar-refractivity contribution in [1.29, 1.82) is 0 Å². The van der Waals surface area contributed by atoms with Gasteiger partial charge in [0.15, 0.2) is 5.16 Å². The van der Waals surface area contributed by atoms with Crippen LogP contribution in [-0.2, 0) is 18.3 Å². The Hall–Kier alpha value is -3.79. The van der Waals surface area contributed by atoms with E-state index in [4.69, 9.17) is 9.47 Å². The third-order valence-corrected chi connectivity index (χ3v) is 6.12. The van der Waals surface area contributed by atoms with E-state index in [1.807, 2.05) is 34.5 Å². The van der Waals surface area contributed by atoms with Crippen molar-refractivity contribution in [3.05, 3.63) is 78.1 Å². The lowest BCUT2D eigenvalue weighted by molar-refractivity contribution is -0.113. The van der Waals surface area contributed by atoms with E-state index in [-0.39, 0.29) is 17.5 Å². The number of hydrogen-bond acceptors (Lipinski definition) is 6. The molecule has 2 aromatic carbocycles. The van der Waals surface area contributed by atoms with Crippen molar-refractivity contribution in [2.75, 3.05) is 25.3 Å². The van der Waals surface area contributed by atoms with E-state index in [1.54, 1.807) is 37.4 Å². The van der Waals surface area contributed by atoms with Gasteiger partial charge in [0.2, 0.25) is 5.91 Å². The summed E-state index contributed by atoms with van der Waals surface area (Å²) in [5.41, 5.74) is 2.31. The van der Waals surface area contributed by atoms with Gasteiger partial charge in [-0.3, -0.25) is 9.36 Å². The number of rotatable bonds is 9. The number of thioether (sulfide) groups is 1. The number of ether oxygens (including phenoxy) is 2. The molecule has 1 N–H and O–H groups in total. The molecular weight excluding hydrogens is 457 g/mol. The van der Waals surface area contributed by atoms with Crippen LogP contribution in [0.3, 0.4) is 0 Å². The zero-order chi connectivity index (χ0) is 24.1. The van der Waals surface area contributed by atoms with Gasteiger partial charge in [0.1, 0.15) is 23.1 Å². The predicted octanol–water partition coefficient (Wildman–Crippen LogP) is 4.08. The summed E-state index contributed by atoms with van der Waals surface area (Å²) in [6, 6.07) is 15.2. The van der Waals surface area contributed by atoms with Crippen LogP contribution in [-0.4, -0.2) is 45.2 Å². The third kappa shape index (κ3) is 5.23. The number of methoxy groups -OCH3 is 2. The monoisotopic (exact) mass is 481 g/mol. The van der Waals surface area contributed by atoms with Crippen LogP contribution in [0, 0.1) is 5.82 Å². The molecule has 0 aliphatic heterocycles. The minimum Gasteiger partial charge on any atom is -0.497 e. The summed E-state index contributed by atoms with van der Waals surface area (Å²) in [6.45, 7) is 0. The molecule has 2 aromatic heterocycles. The van der Waals surface area contributed by atoms with Crippen molar-refractivity contribution in [3.63, 3.8) is 0 Å². The highest BCUT2D eigenvalue weighted by Gasteiger charge is 2.18. The number of amides is 1. The van der Waals surface area contributed by atoms with Gasteiger partial charge in [0, 0.05) is 37.1 Å². The first-order valence-electron chi connectivity index (χ1n) is 10.4. The van der Waals surface area contributed by atoms with Crippen LogP contribution in [0.2, 0.25) is 0 Å². The maximum atomic E-state index is 13.5. The van der Waals surface area contributed by atoms with Gasteiger partial charge in [0.25, 0.3) is 0 Å². The molecule has 0 aliphatic rings. The highest BCUT2D eigenvalue weighted by atomic mass is 32.2. The van der Waals surface area contributed by atoms with Crippen molar-refractivity contribution in [3.8, 4) is 17.2 Å². The molecule has 0 saturated heterocycles. The van der Waals surface area contributed by atoms with Gasteiger partial charge in [-0.2, -0.15) is 0 Å². The Balaban J connectivity index is 1.54. The van der Waals surface area contributed by atoms with Crippen LogP contribution in [0.15, 0.2) is 66.0 Å². The minimum atomic E-state index is -0.331. The van der Waals surface area contributed by atoms with Gasteiger partial charge >= 0.3 is 0 Å². The summed E-state index contributed by atoms with van der Waals surface area (Å²) >= 11 is 1.24. The molecule has 0 radical (unpaired) electrons. The zero-order valence-electron chi connectivity index (χ0n) is 19.0. The predicted molar refractivity (Wildman–Crippen MR) is 128 cm³/mol. The van der Waals surface area contributed by atoms with Gasteiger partial charge in [-0.25, -0.2) is 4.39 Å². The normalized spacial score (nSPS) is 10.8. The Labute approximate surface area is 200 Å². The fourth-order valence-electron chi connectivity index (χ4n) is 3.42. The van der Waals surface area contributed by atoms with Crippen LogP contribution >= 0.6 is 11.8 Å². The molecule has 0 fully saturated rings. The first kappa shape index (κ1) is 23.4. The number of benzene rings is 2. The quantitative estimate of drug-likeness (QED) is 0.363. The summed E-state index contributed by atoms with van der Waals surface area (Å²) in [5.74, 6) is 1.35. The molecular formula is C24H24FN5O3S. The number of hydrogen-bond donors (Lipinski definition) is 1. The van der Waals surface area contributed by atoms with E-state index in [1.165, 1.54) is 31.0 Å². The Kier molecular flexibility index (Phi) is 7.17. The first-order valence-corrected chi connectivity index (χ1v) is 11.4. The van der Waals surface area contributed by atoms with Crippen molar-refractivity contribution in [2.24, 2.45) is 7.05 Å². The van der Waals surface area contributed by atoms with Crippen molar-refractivity contribution >= 4 is 23.4 Å². The van der Waals surface area contributed by atoms with Crippen molar-refractivity contribution < 1.29 is 18.7 Å². The van der Waals surface area contributed by atoms with Crippen molar-refractivity contribution in [1.82, 2.24) is 19.3 Å². The smallest absolute Gasteiger partial charge is 0.234 e. The van der Waals surface area contributed by atoms with E-state index >= 15 is 0 Å². The molecule has 176 valence electrons. The Morgan fingerprint density at radius 3 is 2.56 bits per heavy atom. The second-order valence-corrected chi connectivity index (χ2v) is 8.34. The van der Waals surface area contributed by atoms with E-state index in [9.17, 15) is 9.18 Å². The lowest BCUT2D eigenvalue weighted by atomic mass is 10.2. The highest BCUT2D eigenvalue weighted by Crippen LogP contribution is 2.30. The van der Waals surface area contributed by atoms with Gasteiger partial charge in [-0.05, 0) is 48.5 Å². The molecule has 0 atom stereocenters. The van der Waals surface area contributed by atoms with Gasteiger partial charge in [-0.1, -0.05) is 11.8 Å². The Bertz CT molecular complexity index is 1290. The number of carbonyl (C=O) groups excluding carboxylic acids is 1. The molecule has 8 nitrogen and oxygen atoms in total. The number of halogens is 1. The summed E-state index contributed by atoms with van der Waals surface area (Å²) in [7, 11) is 5.05. The molecule has 0 bridgehead atoms. The average Bonchev–Trinajstić information content (AvgIpc) is 3.44. The summed E-state index contributed by atoms with van der Waals surface area (Å²) in [6.07, 6.45) is 2.49. The van der Waals surface area contributed by atoms with Gasteiger partial charge < -0.3 is 19.4 Å². The number of aryl methyl sites for hydroxylation is 1. The molecule has 10 heteroatoms. The van der Waals surface area contributed by atoms with Crippen LogP contribution < -0.4 is 14.8 Å². The molecule has 0 unspecified atom stereocenters. The van der Waals surface area contributed by atoms with E-state index < -0.39 is 0 Å². The van der Waals surface area contributed by atoms with Crippen LogP contribution in [0.25, 0.3) is 5.69 Å². The van der Waals surface area contributed by atoms with Crippen LogP contribution in [0.4, 0.5) is 10.1 Å². The Morgan fingerprint density at radius 2 is 1.88 bits per heavy atom. The van der Waals surface area contributed by atoms with Gasteiger partial charge in [-0.15, -0.1) is 10.2 Å². The summed E-state index contributed by atoms with van der Waals surface area (Å²) < 4.78 is 27.9. The lowest BCUT2D eigenvalue weighted by Crippen LogP contribution is -2.15. The fourth-order valence-corrected chi connectivity index (χ4v) is 4.19. The number of carbonyl (C=O) groups is 1. The second kappa shape index (κ2) is 10.4. The second-order valence-electron chi connectivity index (χ2n) is 7.40. The van der Waals surface area contributed by atoms with E-state index in [0.717, 1.165) is 11.4 Å².